The summed E-state index contributed by atoms with van der Waals surface area (Å²) in [5.41, 5.74) is 0. The van der Waals surface area contributed by atoms with Crippen LogP contribution in [0.25, 0.3) is 0 Å². The molecular formula is C12H24N2O3. The molecule has 1 heterocycles. The molecule has 0 radical (unpaired) electrons. The predicted molar refractivity (Wildman–Crippen MR) is 66.0 cm³/mol. The lowest BCUT2D eigenvalue weighted by molar-refractivity contribution is -0.135. The van der Waals surface area contributed by atoms with Crippen molar-refractivity contribution in [1.29, 1.82) is 0 Å². The lowest BCUT2D eigenvalue weighted by atomic mass is 10.2. The van der Waals surface area contributed by atoms with Gasteiger partial charge in [0.05, 0.1) is 6.10 Å². The third kappa shape index (κ3) is 4.26. The molecule has 0 bridgehead atoms. The first-order valence-corrected chi connectivity index (χ1v) is 6.13. The van der Waals surface area contributed by atoms with E-state index in [0.717, 1.165) is 19.5 Å². The van der Waals surface area contributed by atoms with E-state index in [9.17, 15) is 4.79 Å². The Kier molecular flexibility index (Phi) is 5.88. The number of rotatable bonds is 6. The van der Waals surface area contributed by atoms with Crippen LogP contribution in [0, 0.1) is 0 Å². The average molecular weight is 244 g/mol. The quantitative estimate of drug-likeness (QED) is 0.669. The number of methoxy groups -OCH3 is 1. The van der Waals surface area contributed by atoms with Gasteiger partial charge >= 0.3 is 0 Å². The van der Waals surface area contributed by atoms with Crippen molar-refractivity contribution in [2.75, 3.05) is 47.5 Å². The molecule has 0 aromatic rings. The maximum absolute atomic E-state index is 11.7. The van der Waals surface area contributed by atoms with Gasteiger partial charge in [0.15, 0.2) is 0 Å². The third-order valence-corrected chi connectivity index (χ3v) is 3.32. The van der Waals surface area contributed by atoms with E-state index in [0.29, 0.717) is 18.8 Å². The molecular weight excluding hydrogens is 220 g/mol. The Morgan fingerprint density at radius 3 is 2.76 bits per heavy atom. The first kappa shape index (κ1) is 14.4. The summed E-state index contributed by atoms with van der Waals surface area (Å²) in [6.07, 6.45) is 1.28. The van der Waals surface area contributed by atoms with E-state index in [4.69, 9.17) is 9.47 Å². The molecule has 1 amide bonds. The van der Waals surface area contributed by atoms with Crippen molar-refractivity contribution in [1.82, 2.24) is 9.80 Å². The first-order valence-electron chi connectivity index (χ1n) is 6.13. The minimum atomic E-state index is 0.0427. The topological polar surface area (TPSA) is 42.0 Å². The van der Waals surface area contributed by atoms with Crippen molar-refractivity contribution < 1.29 is 14.3 Å². The summed E-state index contributed by atoms with van der Waals surface area (Å²) in [5, 5.41) is 0. The van der Waals surface area contributed by atoms with Gasteiger partial charge in [0.1, 0.15) is 6.61 Å². The number of likely N-dealkylation sites (N-methyl/N-ethyl adjacent to an activating group) is 2. The SMILES string of the molecule is CCOCC(=O)N(C)C[C@@H]1C[C@H](OC)CN1C. The smallest absolute Gasteiger partial charge is 0.248 e. The van der Waals surface area contributed by atoms with Gasteiger partial charge in [-0.05, 0) is 20.4 Å². The molecule has 1 saturated heterocycles. The monoisotopic (exact) mass is 244 g/mol. The Hall–Kier alpha value is -0.650. The standard InChI is InChI=1S/C12H24N2O3/c1-5-17-9-12(15)14(3)7-10-6-11(16-4)8-13(10)2/h10-11H,5-9H2,1-4H3/t10-,11-/m0/s1. The van der Waals surface area contributed by atoms with E-state index in [1.165, 1.54) is 0 Å². The van der Waals surface area contributed by atoms with E-state index in [1.54, 1.807) is 12.0 Å². The molecule has 0 aliphatic carbocycles. The second kappa shape index (κ2) is 6.93. The maximum atomic E-state index is 11.7. The van der Waals surface area contributed by atoms with Crippen LogP contribution in [0.4, 0.5) is 0 Å². The van der Waals surface area contributed by atoms with Gasteiger partial charge in [-0.25, -0.2) is 0 Å². The highest BCUT2D eigenvalue weighted by atomic mass is 16.5. The van der Waals surface area contributed by atoms with Gasteiger partial charge in [0.25, 0.3) is 0 Å². The Morgan fingerprint density at radius 1 is 1.53 bits per heavy atom. The van der Waals surface area contributed by atoms with E-state index in [2.05, 4.69) is 11.9 Å². The van der Waals surface area contributed by atoms with Gasteiger partial charge in [-0.2, -0.15) is 0 Å². The van der Waals surface area contributed by atoms with E-state index >= 15 is 0 Å². The number of ether oxygens (including phenoxy) is 2. The van der Waals surface area contributed by atoms with Gasteiger partial charge in [0, 0.05) is 39.9 Å². The van der Waals surface area contributed by atoms with Crippen LogP contribution in [-0.2, 0) is 14.3 Å². The molecule has 1 aliphatic heterocycles. The molecule has 5 heteroatoms. The Morgan fingerprint density at radius 2 is 2.24 bits per heavy atom. The van der Waals surface area contributed by atoms with Crippen LogP contribution < -0.4 is 0 Å². The van der Waals surface area contributed by atoms with Crippen molar-refractivity contribution in [2.45, 2.75) is 25.5 Å². The number of likely N-dealkylation sites (tertiary alicyclic amines) is 1. The normalized spacial score (nSPS) is 25.2. The summed E-state index contributed by atoms with van der Waals surface area (Å²) in [7, 11) is 5.64. The predicted octanol–water partition coefficient (Wildman–Crippen LogP) is 0.200. The molecule has 0 saturated carbocycles. The minimum Gasteiger partial charge on any atom is -0.380 e. The van der Waals surface area contributed by atoms with Crippen molar-refractivity contribution in [2.24, 2.45) is 0 Å². The summed E-state index contributed by atoms with van der Waals surface area (Å²) in [6, 6.07) is 0.385. The largest absolute Gasteiger partial charge is 0.380 e. The first-order chi connectivity index (χ1) is 8.08. The molecule has 2 atom stereocenters. The summed E-state index contributed by atoms with van der Waals surface area (Å²) in [4.78, 5) is 15.7. The van der Waals surface area contributed by atoms with Gasteiger partial charge < -0.3 is 14.4 Å². The summed E-state index contributed by atoms with van der Waals surface area (Å²) >= 11 is 0. The fourth-order valence-corrected chi connectivity index (χ4v) is 2.13. The van der Waals surface area contributed by atoms with Crippen LogP contribution >= 0.6 is 0 Å². The van der Waals surface area contributed by atoms with Crippen LogP contribution in [0.5, 0.6) is 0 Å². The molecule has 0 unspecified atom stereocenters. The van der Waals surface area contributed by atoms with Gasteiger partial charge in [-0.3, -0.25) is 9.69 Å². The molecule has 1 aliphatic rings. The van der Waals surface area contributed by atoms with Crippen LogP contribution in [-0.4, -0.2) is 75.4 Å². The van der Waals surface area contributed by atoms with E-state index < -0.39 is 0 Å². The number of nitrogens with zero attached hydrogens (tertiary/aromatic N) is 2. The lowest BCUT2D eigenvalue weighted by Gasteiger charge is -2.25. The highest BCUT2D eigenvalue weighted by Crippen LogP contribution is 2.18. The maximum Gasteiger partial charge on any atom is 0.248 e. The second-order valence-electron chi connectivity index (χ2n) is 4.60. The van der Waals surface area contributed by atoms with Crippen molar-refractivity contribution >= 4 is 5.91 Å². The minimum absolute atomic E-state index is 0.0427. The fourth-order valence-electron chi connectivity index (χ4n) is 2.13. The second-order valence-corrected chi connectivity index (χ2v) is 4.60. The summed E-state index contributed by atoms with van der Waals surface area (Å²) in [6.45, 7) is 4.32. The molecule has 1 fully saturated rings. The highest BCUT2D eigenvalue weighted by molar-refractivity contribution is 5.77. The molecule has 100 valence electrons. The van der Waals surface area contributed by atoms with Crippen molar-refractivity contribution in [3.8, 4) is 0 Å². The van der Waals surface area contributed by atoms with Crippen LogP contribution in [0.3, 0.4) is 0 Å². The molecule has 0 aromatic carbocycles. The Bertz CT molecular complexity index is 248. The summed E-state index contributed by atoms with van der Waals surface area (Å²) in [5.74, 6) is 0.0427. The van der Waals surface area contributed by atoms with Crippen LogP contribution in [0.15, 0.2) is 0 Å². The zero-order valence-corrected chi connectivity index (χ0v) is 11.3. The lowest BCUT2D eigenvalue weighted by Crippen LogP contribution is -2.40. The number of carbonyl (C=O) groups is 1. The zero-order chi connectivity index (χ0) is 12.8. The van der Waals surface area contributed by atoms with Gasteiger partial charge in [-0.1, -0.05) is 0 Å². The van der Waals surface area contributed by atoms with E-state index in [1.807, 2.05) is 14.0 Å². The third-order valence-electron chi connectivity index (χ3n) is 3.32. The van der Waals surface area contributed by atoms with Gasteiger partial charge in [0.2, 0.25) is 5.91 Å². The van der Waals surface area contributed by atoms with Crippen LogP contribution in [0.1, 0.15) is 13.3 Å². The Labute approximate surface area is 104 Å². The fraction of sp³-hybridized carbons (Fsp3) is 0.917. The van der Waals surface area contributed by atoms with Crippen LogP contribution in [0.2, 0.25) is 0 Å². The molecule has 1 rings (SSSR count). The molecule has 0 spiro atoms. The van der Waals surface area contributed by atoms with Crippen molar-refractivity contribution in [3.63, 3.8) is 0 Å². The number of carbonyl (C=O) groups excluding carboxylic acids is 1. The summed E-state index contributed by atoms with van der Waals surface area (Å²) < 4.78 is 10.5. The Balaban J connectivity index is 2.35. The van der Waals surface area contributed by atoms with E-state index in [-0.39, 0.29) is 12.5 Å². The molecule has 0 aromatic heterocycles. The number of amides is 1. The van der Waals surface area contributed by atoms with Crippen molar-refractivity contribution in [3.05, 3.63) is 0 Å². The number of hydrogen-bond donors (Lipinski definition) is 0. The molecule has 5 nitrogen and oxygen atoms in total. The molecule has 0 N–H and O–H groups in total. The highest BCUT2D eigenvalue weighted by Gasteiger charge is 2.30. The zero-order valence-electron chi connectivity index (χ0n) is 11.3. The average Bonchev–Trinajstić information content (AvgIpc) is 2.67. The number of hydrogen-bond acceptors (Lipinski definition) is 4. The molecule has 17 heavy (non-hydrogen) atoms. The van der Waals surface area contributed by atoms with Gasteiger partial charge in [-0.15, -0.1) is 0 Å².